The van der Waals surface area contributed by atoms with Crippen molar-refractivity contribution in [2.24, 2.45) is 17.8 Å². The lowest BCUT2D eigenvalue weighted by Gasteiger charge is -2.63. The molecular weight excluding hydrogens is 535 g/mol. The summed E-state index contributed by atoms with van der Waals surface area (Å²) in [7, 11) is -0.771. The van der Waals surface area contributed by atoms with Crippen molar-refractivity contribution in [2.75, 3.05) is 0 Å². The lowest BCUT2D eigenvalue weighted by atomic mass is 9.81. The molecule has 3 aromatic rings. The van der Waals surface area contributed by atoms with Gasteiger partial charge in [0.15, 0.2) is 0 Å². The van der Waals surface area contributed by atoms with E-state index in [1.807, 2.05) is 0 Å². The van der Waals surface area contributed by atoms with Crippen molar-refractivity contribution in [2.45, 2.75) is 55.5 Å². The molecule has 0 fully saturated rings. The first-order valence-corrected chi connectivity index (χ1v) is 17.3. The molecule has 0 bridgehead atoms. The summed E-state index contributed by atoms with van der Waals surface area (Å²) in [5.41, 5.74) is 4.28. The third-order valence-electron chi connectivity index (χ3n) is 10.3. The van der Waals surface area contributed by atoms with E-state index in [1.54, 1.807) is 0 Å². The van der Waals surface area contributed by atoms with Gasteiger partial charge in [0.05, 0.1) is 0 Å². The van der Waals surface area contributed by atoms with Gasteiger partial charge in [-0.1, -0.05) is 193 Å². The Morgan fingerprint density at radius 2 is 0.698 bits per heavy atom. The Morgan fingerprint density at radius 1 is 0.419 bits per heavy atom. The topological polar surface area (TPSA) is 0 Å². The fraction of sp³-hybridized carbons (Fsp3) is 0.286. The van der Waals surface area contributed by atoms with Gasteiger partial charge in [-0.05, 0) is 53.7 Å². The summed E-state index contributed by atoms with van der Waals surface area (Å²) < 4.78 is 0. The highest BCUT2D eigenvalue weighted by Gasteiger charge is 2.61. The van der Waals surface area contributed by atoms with Gasteiger partial charge in [-0.2, -0.15) is 0 Å². The molecular formula is C42H45P. The molecule has 3 aliphatic rings. The van der Waals surface area contributed by atoms with Crippen LogP contribution < -0.4 is 0 Å². The minimum atomic E-state index is -0.771. The highest BCUT2D eigenvalue weighted by molar-refractivity contribution is 7.63. The maximum absolute atomic E-state index is 2.65. The van der Waals surface area contributed by atoms with Crippen LogP contribution >= 0.6 is 7.92 Å². The molecule has 0 nitrogen and oxygen atoms in total. The first kappa shape index (κ1) is 29.6. The second-order valence-corrected chi connectivity index (χ2v) is 16.1. The molecule has 0 spiro atoms. The van der Waals surface area contributed by atoms with Crippen LogP contribution in [0.3, 0.4) is 0 Å². The predicted molar refractivity (Wildman–Crippen MR) is 188 cm³/mol. The Balaban J connectivity index is 1.67. The summed E-state index contributed by atoms with van der Waals surface area (Å²) in [5, 5.41) is -0.159. The molecule has 3 aromatic carbocycles. The van der Waals surface area contributed by atoms with Crippen molar-refractivity contribution in [3.8, 4) is 0 Å². The molecule has 0 N–H and O–H groups in total. The zero-order valence-corrected chi connectivity index (χ0v) is 26.8. The molecule has 0 heterocycles. The molecule has 0 amide bonds. The standard InChI is InChI=1S/C42H45P/c1-34-19-13-16-28-40(34,31-37-22-7-4-8-23-37)43(41(29-17-14-20-35(41)2)32-38-24-9-5-10-25-38)42(30-18-15-21-36(42)3)33-39-26-11-6-12-27-39/h4-30,34-36H,31-33H2,1-3H3. The molecule has 6 atom stereocenters. The third-order valence-corrected chi connectivity index (χ3v) is 14.9. The van der Waals surface area contributed by atoms with Crippen LogP contribution in [0.5, 0.6) is 0 Å². The van der Waals surface area contributed by atoms with Crippen LogP contribution in [0.1, 0.15) is 37.5 Å². The molecule has 0 aliphatic heterocycles. The molecule has 6 rings (SSSR count). The average Bonchev–Trinajstić information content (AvgIpc) is 3.03. The Morgan fingerprint density at radius 3 is 0.953 bits per heavy atom. The first-order chi connectivity index (χ1) is 21.0. The van der Waals surface area contributed by atoms with E-state index in [1.165, 1.54) is 16.7 Å². The summed E-state index contributed by atoms with van der Waals surface area (Å²) >= 11 is 0. The first-order valence-electron chi connectivity index (χ1n) is 16.0. The fourth-order valence-electron chi connectivity index (χ4n) is 7.98. The Bertz CT molecular complexity index is 1350. The lowest BCUT2D eigenvalue weighted by molar-refractivity contribution is 0.444. The van der Waals surface area contributed by atoms with Crippen LogP contribution in [-0.4, -0.2) is 15.5 Å². The number of allylic oxidation sites excluding steroid dienone is 12. The van der Waals surface area contributed by atoms with Crippen LogP contribution in [0.4, 0.5) is 0 Å². The van der Waals surface area contributed by atoms with E-state index < -0.39 is 7.92 Å². The average molecular weight is 581 g/mol. The quantitative estimate of drug-likeness (QED) is 0.221. The lowest BCUT2D eigenvalue weighted by Crippen LogP contribution is -2.55. The van der Waals surface area contributed by atoms with Gasteiger partial charge in [0, 0.05) is 15.5 Å². The van der Waals surface area contributed by atoms with Gasteiger partial charge in [-0.3, -0.25) is 0 Å². The Kier molecular flexibility index (Phi) is 8.70. The summed E-state index contributed by atoms with van der Waals surface area (Å²) in [4.78, 5) is 0. The molecule has 218 valence electrons. The molecule has 0 saturated heterocycles. The van der Waals surface area contributed by atoms with Crippen molar-refractivity contribution in [3.63, 3.8) is 0 Å². The van der Waals surface area contributed by atoms with Gasteiger partial charge in [0.2, 0.25) is 0 Å². The summed E-state index contributed by atoms with van der Waals surface area (Å²) in [6.45, 7) is 7.47. The van der Waals surface area contributed by atoms with E-state index in [0.717, 1.165) is 19.3 Å². The maximum atomic E-state index is 2.65. The zero-order chi connectivity index (χ0) is 29.8. The number of benzene rings is 3. The van der Waals surface area contributed by atoms with Crippen LogP contribution in [-0.2, 0) is 19.3 Å². The Labute approximate surface area is 261 Å². The van der Waals surface area contributed by atoms with E-state index in [-0.39, 0.29) is 15.5 Å². The summed E-state index contributed by atoms with van der Waals surface area (Å²) in [6.07, 6.45) is 32.5. The number of hydrogen-bond acceptors (Lipinski definition) is 0. The van der Waals surface area contributed by atoms with E-state index in [4.69, 9.17) is 0 Å². The van der Waals surface area contributed by atoms with Crippen molar-refractivity contribution in [1.29, 1.82) is 0 Å². The minimum absolute atomic E-state index is 0.0530. The fourth-order valence-corrected chi connectivity index (χ4v) is 13.5. The zero-order valence-electron chi connectivity index (χ0n) is 25.9. The number of hydrogen-bond donors (Lipinski definition) is 0. The normalized spacial score (nSPS) is 31.7. The van der Waals surface area contributed by atoms with Gasteiger partial charge in [-0.15, -0.1) is 0 Å². The van der Waals surface area contributed by atoms with Crippen LogP contribution in [0.2, 0.25) is 0 Å². The van der Waals surface area contributed by atoms with Gasteiger partial charge < -0.3 is 0 Å². The van der Waals surface area contributed by atoms with E-state index in [0.29, 0.717) is 17.8 Å². The molecule has 0 aromatic heterocycles. The van der Waals surface area contributed by atoms with E-state index in [9.17, 15) is 0 Å². The molecule has 6 unspecified atom stereocenters. The van der Waals surface area contributed by atoms with Crippen molar-refractivity contribution in [1.82, 2.24) is 0 Å². The Hall–Kier alpha value is -3.47. The summed E-state index contributed by atoms with van der Waals surface area (Å²) in [5.74, 6) is 1.17. The van der Waals surface area contributed by atoms with Gasteiger partial charge >= 0.3 is 0 Å². The van der Waals surface area contributed by atoms with Gasteiger partial charge in [0.25, 0.3) is 0 Å². The highest BCUT2D eigenvalue weighted by Crippen LogP contribution is 2.77. The van der Waals surface area contributed by atoms with Crippen LogP contribution in [0.15, 0.2) is 164 Å². The smallest absolute Gasteiger partial charge is 0.0203 e. The molecule has 3 aliphatic carbocycles. The summed E-state index contributed by atoms with van der Waals surface area (Å²) in [6, 6.07) is 33.9. The van der Waals surface area contributed by atoms with Gasteiger partial charge in [-0.25, -0.2) is 0 Å². The molecule has 0 radical (unpaired) electrons. The van der Waals surface area contributed by atoms with Gasteiger partial charge in [0.1, 0.15) is 0 Å². The predicted octanol–water partition coefficient (Wildman–Crippen LogP) is 10.7. The molecule has 43 heavy (non-hydrogen) atoms. The number of rotatable bonds is 9. The van der Waals surface area contributed by atoms with E-state index >= 15 is 0 Å². The SMILES string of the molecule is CC1C=CC=CC1(Cc1ccccc1)P(C1(Cc2ccccc2)C=CC=CC1C)C1(Cc2ccccc2)C=CC=CC1C. The largest absolute Gasteiger partial charge is 0.0805 e. The molecule has 1 heteroatoms. The van der Waals surface area contributed by atoms with Crippen molar-refractivity contribution >= 4 is 7.92 Å². The van der Waals surface area contributed by atoms with Crippen LogP contribution in [0, 0.1) is 17.8 Å². The minimum Gasteiger partial charge on any atom is -0.0805 e. The van der Waals surface area contributed by atoms with E-state index in [2.05, 4.69) is 185 Å². The highest BCUT2D eigenvalue weighted by atomic mass is 31.1. The van der Waals surface area contributed by atoms with Crippen LogP contribution in [0.25, 0.3) is 0 Å². The van der Waals surface area contributed by atoms with Crippen molar-refractivity contribution in [3.05, 3.63) is 181 Å². The molecule has 0 saturated carbocycles. The third kappa shape index (κ3) is 5.63. The second-order valence-electron chi connectivity index (χ2n) is 12.9. The maximum Gasteiger partial charge on any atom is 0.0203 e. The second kappa shape index (κ2) is 12.6. The monoisotopic (exact) mass is 580 g/mol. The van der Waals surface area contributed by atoms with Crippen molar-refractivity contribution < 1.29 is 0 Å².